The first kappa shape index (κ1) is 14.6. The summed E-state index contributed by atoms with van der Waals surface area (Å²) in [5, 5.41) is 25.8. The number of phenols is 1. The second-order valence-electron chi connectivity index (χ2n) is 5.18. The number of hydrogen-bond donors (Lipinski definition) is 3. The first-order valence-corrected chi connectivity index (χ1v) is 7.03. The predicted molar refractivity (Wildman–Crippen MR) is 90.4 cm³/mol. The molecule has 0 unspecified atom stereocenters. The Labute approximate surface area is 132 Å². The summed E-state index contributed by atoms with van der Waals surface area (Å²) in [6, 6.07) is 15.6. The van der Waals surface area contributed by atoms with Gasteiger partial charge >= 0.3 is 0 Å². The van der Waals surface area contributed by atoms with Crippen LogP contribution in [-0.2, 0) is 6.54 Å². The summed E-state index contributed by atoms with van der Waals surface area (Å²) in [5.41, 5.74) is 7.56. The molecule has 3 aromatic rings. The lowest BCUT2D eigenvalue weighted by atomic mass is 10.0. The van der Waals surface area contributed by atoms with Gasteiger partial charge in [0.15, 0.2) is 0 Å². The van der Waals surface area contributed by atoms with Crippen LogP contribution in [0, 0.1) is 10.1 Å². The van der Waals surface area contributed by atoms with E-state index in [2.05, 4.69) is 5.32 Å². The normalized spacial score (nSPS) is 10.6. The molecule has 0 bridgehead atoms. The number of aromatic hydroxyl groups is 1. The van der Waals surface area contributed by atoms with Crippen molar-refractivity contribution in [1.29, 1.82) is 0 Å². The van der Waals surface area contributed by atoms with Gasteiger partial charge in [-0.2, -0.15) is 0 Å². The SMILES string of the molecule is Nc1c(O)c(CNc2cccc([N+](=O)[O-])c2)cc2ccccc12. The van der Waals surface area contributed by atoms with Gasteiger partial charge in [0.05, 0.1) is 10.6 Å². The van der Waals surface area contributed by atoms with Crippen molar-refractivity contribution in [3.05, 3.63) is 70.3 Å². The van der Waals surface area contributed by atoms with Crippen LogP contribution >= 0.6 is 0 Å². The molecule has 0 aromatic heterocycles. The minimum Gasteiger partial charge on any atom is -0.505 e. The monoisotopic (exact) mass is 309 g/mol. The molecular formula is C17H15N3O3. The predicted octanol–water partition coefficient (Wildman–Crippen LogP) is 3.65. The molecule has 4 N–H and O–H groups in total. The number of nitrogen functional groups attached to an aromatic ring is 1. The first-order valence-electron chi connectivity index (χ1n) is 7.03. The lowest BCUT2D eigenvalue weighted by Gasteiger charge is -2.12. The zero-order valence-corrected chi connectivity index (χ0v) is 12.2. The molecule has 0 fully saturated rings. The number of rotatable bonds is 4. The summed E-state index contributed by atoms with van der Waals surface area (Å²) in [6.45, 7) is 0.308. The zero-order chi connectivity index (χ0) is 16.4. The Bertz CT molecular complexity index is 893. The van der Waals surface area contributed by atoms with Crippen LogP contribution in [0.5, 0.6) is 5.75 Å². The molecule has 0 aliphatic carbocycles. The number of nitro groups is 1. The standard InChI is InChI=1S/C17H15N3O3/c18-16-15-7-2-1-4-11(15)8-12(17(16)21)10-19-13-5-3-6-14(9-13)20(22)23/h1-9,19,21H,10,18H2. The average Bonchev–Trinajstić information content (AvgIpc) is 2.57. The smallest absolute Gasteiger partial charge is 0.271 e. The Hall–Kier alpha value is -3.28. The fourth-order valence-corrected chi connectivity index (χ4v) is 2.49. The molecule has 0 aliphatic rings. The van der Waals surface area contributed by atoms with E-state index in [0.29, 0.717) is 23.5 Å². The van der Waals surface area contributed by atoms with Crippen LogP contribution in [0.3, 0.4) is 0 Å². The molecule has 0 aliphatic heterocycles. The van der Waals surface area contributed by atoms with Crippen LogP contribution in [0.4, 0.5) is 17.1 Å². The van der Waals surface area contributed by atoms with E-state index in [1.807, 2.05) is 30.3 Å². The number of nitrogens with zero attached hydrogens (tertiary/aromatic N) is 1. The maximum Gasteiger partial charge on any atom is 0.271 e. The summed E-state index contributed by atoms with van der Waals surface area (Å²) in [6.07, 6.45) is 0. The molecule has 3 aromatic carbocycles. The van der Waals surface area contributed by atoms with Gasteiger partial charge in [0, 0.05) is 35.3 Å². The van der Waals surface area contributed by atoms with Crippen molar-refractivity contribution in [3.8, 4) is 5.75 Å². The van der Waals surface area contributed by atoms with E-state index < -0.39 is 4.92 Å². The highest BCUT2D eigenvalue weighted by Gasteiger charge is 2.11. The molecule has 0 spiro atoms. The maximum absolute atomic E-state index is 10.8. The van der Waals surface area contributed by atoms with Gasteiger partial charge in [0.1, 0.15) is 5.75 Å². The van der Waals surface area contributed by atoms with E-state index in [4.69, 9.17) is 5.73 Å². The Morgan fingerprint density at radius 3 is 2.70 bits per heavy atom. The summed E-state index contributed by atoms with van der Waals surface area (Å²) in [5.74, 6) is 0.0293. The number of benzene rings is 3. The molecule has 3 rings (SSSR count). The Morgan fingerprint density at radius 2 is 1.91 bits per heavy atom. The highest BCUT2D eigenvalue weighted by atomic mass is 16.6. The van der Waals surface area contributed by atoms with E-state index in [-0.39, 0.29) is 11.4 Å². The number of hydrogen-bond acceptors (Lipinski definition) is 5. The Balaban J connectivity index is 1.89. The molecule has 0 saturated heterocycles. The minimum atomic E-state index is -0.448. The van der Waals surface area contributed by atoms with Crippen LogP contribution in [0.15, 0.2) is 54.6 Å². The second-order valence-corrected chi connectivity index (χ2v) is 5.18. The number of nitrogens with two attached hydrogens (primary N) is 1. The van der Waals surface area contributed by atoms with Crippen molar-refractivity contribution in [2.75, 3.05) is 11.1 Å². The average molecular weight is 309 g/mol. The Kier molecular flexibility index (Phi) is 3.72. The molecule has 0 radical (unpaired) electrons. The highest BCUT2D eigenvalue weighted by molar-refractivity contribution is 5.96. The summed E-state index contributed by atoms with van der Waals surface area (Å²) < 4.78 is 0. The number of nitro benzene ring substituents is 1. The lowest BCUT2D eigenvalue weighted by molar-refractivity contribution is -0.384. The van der Waals surface area contributed by atoms with Crippen molar-refractivity contribution < 1.29 is 10.0 Å². The van der Waals surface area contributed by atoms with Gasteiger partial charge in [-0.3, -0.25) is 10.1 Å². The minimum absolute atomic E-state index is 0.0113. The van der Waals surface area contributed by atoms with Crippen LogP contribution < -0.4 is 11.1 Å². The number of non-ortho nitro benzene ring substituents is 1. The first-order chi connectivity index (χ1) is 11.1. The summed E-state index contributed by atoms with van der Waals surface area (Å²) in [4.78, 5) is 10.3. The molecule has 0 saturated carbocycles. The third kappa shape index (κ3) is 2.87. The van der Waals surface area contributed by atoms with Gasteiger partial charge in [-0.25, -0.2) is 0 Å². The molecule has 0 amide bonds. The molecule has 0 atom stereocenters. The Morgan fingerprint density at radius 1 is 1.13 bits per heavy atom. The number of anilines is 2. The van der Waals surface area contributed by atoms with E-state index in [9.17, 15) is 15.2 Å². The third-order valence-electron chi connectivity index (χ3n) is 3.68. The maximum atomic E-state index is 10.8. The molecule has 23 heavy (non-hydrogen) atoms. The van der Waals surface area contributed by atoms with Gasteiger partial charge < -0.3 is 16.2 Å². The summed E-state index contributed by atoms with van der Waals surface area (Å²) in [7, 11) is 0. The van der Waals surface area contributed by atoms with Crippen molar-refractivity contribution in [2.24, 2.45) is 0 Å². The van der Waals surface area contributed by atoms with Crippen molar-refractivity contribution in [2.45, 2.75) is 6.54 Å². The highest BCUT2D eigenvalue weighted by Crippen LogP contribution is 2.34. The third-order valence-corrected chi connectivity index (χ3v) is 3.68. The second kappa shape index (κ2) is 5.84. The van der Waals surface area contributed by atoms with Gasteiger partial charge in [-0.1, -0.05) is 30.3 Å². The van der Waals surface area contributed by atoms with Crippen LogP contribution in [-0.4, -0.2) is 10.0 Å². The van der Waals surface area contributed by atoms with Gasteiger partial charge in [0.2, 0.25) is 0 Å². The van der Waals surface area contributed by atoms with Crippen molar-refractivity contribution in [1.82, 2.24) is 0 Å². The quantitative estimate of drug-likeness (QED) is 0.295. The molecule has 116 valence electrons. The number of phenolic OH excluding ortho intramolecular Hbond substituents is 1. The number of fused-ring (bicyclic) bond motifs is 1. The molecule has 6 nitrogen and oxygen atoms in total. The van der Waals surface area contributed by atoms with E-state index >= 15 is 0 Å². The van der Waals surface area contributed by atoms with Crippen molar-refractivity contribution in [3.63, 3.8) is 0 Å². The van der Waals surface area contributed by atoms with Gasteiger partial charge in [-0.05, 0) is 17.5 Å². The molecular weight excluding hydrogens is 294 g/mol. The van der Waals surface area contributed by atoms with E-state index in [1.54, 1.807) is 12.1 Å². The van der Waals surface area contributed by atoms with E-state index in [0.717, 1.165) is 10.8 Å². The largest absolute Gasteiger partial charge is 0.505 e. The molecule has 6 heteroatoms. The lowest BCUT2D eigenvalue weighted by Crippen LogP contribution is -2.02. The van der Waals surface area contributed by atoms with Crippen LogP contribution in [0.25, 0.3) is 10.8 Å². The van der Waals surface area contributed by atoms with E-state index in [1.165, 1.54) is 12.1 Å². The zero-order valence-electron chi connectivity index (χ0n) is 12.2. The fraction of sp³-hybridized carbons (Fsp3) is 0.0588. The topological polar surface area (TPSA) is 101 Å². The summed E-state index contributed by atoms with van der Waals surface area (Å²) >= 11 is 0. The van der Waals surface area contributed by atoms with Crippen molar-refractivity contribution >= 4 is 27.8 Å². The van der Waals surface area contributed by atoms with Crippen LogP contribution in [0.1, 0.15) is 5.56 Å². The van der Waals surface area contributed by atoms with Gasteiger partial charge in [0.25, 0.3) is 5.69 Å². The van der Waals surface area contributed by atoms with Gasteiger partial charge in [-0.15, -0.1) is 0 Å². The van der Waals surface area contributed by atoms with Crippen LogP contribution in [0.2, 0.25) is 0 Å². The number of nitrogens with one attached hydrogen (secondary N) is 1. The molecule has 0 heterocycles. The fourth-order valence-electron chi connectivity index (χ4n) is 2.49.